The van der Waals surface area contributed by atoms with Crippen LogP contribution < -0.4 is 10.6 Å². The summed E-state index contributed by atoms with van der Waals surface area (Å²) in [5.41, 5.74) is 2.00. The van der Waals surface area contributed by atoms with Crippen LogP contribution in [0.2, 0.25) is 0 Å². The number of carbonyl (C=O) groups is 1. The smallest absolute Gasteiger partial charge is 0.317 e. The molecule has 0 aromatic heterocycles. The first-order valence-corrected chi connectivity index (χ1v) is 11.6. The van der Waals surface area contributed by atoms with E-state index in [4.69, 9.17) is 4.74 Å². The summed E-state index contributed by atoms with van der Waals surface area (Å²) < 4.78 is 5.97. The third kappa shape index (κ3) is 5.68. The molecule has 2 nitrogen and oxygen atoms in total. The largest absolute Gasteiger partial charge is 0.461 e. The van der Waals surface area contributed by atoms with Gasteiger partial charge in [0.2, 0.25) is 0 Å². The highest BCUT2D eigenvalue weighted by Gasteiger charge is 2.32. The van der Waals surface area contributed by atoms with Gasteiger partial charge in [-0.15, -0.1) is 13.2 Å². The van der Waals surface area contributed by atoms with Gasteiger partial charge in [-0.3, -0.25) is 4.79 Å². The molecule has 0 saturated carbocycles. The molecule has 0 aliphatic heterocycles. The van der Waals surface area contributed by atoms with E-state index in [1.54, 1.807) is 0 Å². The topological polar surface area (TPSA) is 26.3 Å². The van der Waals surface area contributed by atoms with Crippen molar-refractivity contribution in [1.29, 1.82) is 0 Å². The average molecular weight is 417 g/mol. The molecule has 3 heteroatoms. The summed E-state index contributed by atoms with van der Waals surface area (Å²) in [6.45, 7) is 11.9. The van der Waals surface area contributed by atoms with Crippen LogP contribution in [0.15, 0.2) is 109 Å². The van der Waals surface area contributed by atoms with E-state index in [1.165, 1.54) is 10.6 Å². The lowest BCUT2D eigenvalue weighted by molar-refractivity contribution is -0.150. The van der Waals surface area contributed by atoms with Crippen LogP contribution in [-0.2, 0) is 9.53 Å². The van der Waals surface area contributed by atoms with Crippen LogP contribution in [0.3, 0.4) is 0 Å². The molecular formula is C27H29O2P. The van der Waals surface area contributed by atoms with Crippen molar-refractivity contribution in [3.8, 4) is 0 Å². The number of hydrogen-bond donors (Lipinski definition) is 0. The molecule has 3 rings (SSSR count). The van der Waals surface area contributed by atoms with Crippen molar-refractivity contribution in [2.24, 2.45) is 5.92 Å². The minimum atomic E-state index is -0.820. The van der Waals surface area contributed by atoms with Gasteiger partial charge in [-0.2, -0.15) is 0 Å². The zero-order valence-electron chi connectivity index (χ0n) is 17.8. The normalized spacial score (nSPS) is 15.3. The molecule has 1 atom stereocenters. The number of ether oxygens (including phenoxy) is 1. The van der Waals surface area contributed by atoms with Crippen molar-refractivity contribution in [2.75, 3.05) is 0 Å². The molecule has 2 aromatic carbocycles. The lowest BCUT2D eigenvalue weighted by atomic mass is 10.0. The number of esters is 1. The quantitative estimate of drug-likeness (QED) is 0.283. The Morgan fingerprint density at radius 3 is 1.90 bits per heavy atom. The molecule has 0 spiro atoms. The molecule has 0 heterocycles. The maximum Gasteiger partial charge on any atom is 0.317 e. The van der Waals surface area contributed by atoms with E-state index in [0.717, 1.165) is 16.5 Å². The molecular weight excluding hydrogens is 387 g/mol. The summed E-state index contributed by atoms with van der Waals surface area (Å²) in [6, 6.07) is 20.8. The van der Waals surface area contributed by atoms with Crippen molar-refractivity contribution in [2.45, 2.75) is 32.8 Å². The summed E-state index contributed by atoms with van der Waals surface area (Å²) in [6.07, 6.45) is 7.11. The molecule has 1 unspecified atom stereocenters. The fraction of sp³-hybridized carbons (Fsp3) is 0.222. The Morgan fingerprint density at radius 1 is 0.933 bits per heavy atom. The van der Waals surface area contributed by atoms with Gasteiger partial charge in [0.15, 0.2) is 0 Å². The Kier molecular flexibility index (Phi) is 7.60. The molecule has 0 saturated heterocycles. The predicted molar refractivity (Wildman–Crippen MR) is 129 cm³/mol. The number of allylic oxidation sites excluding steroid dienone is 2. The lowest BCUT2D eigenvalue weighted by Gasteiger charge is -2.26. The van der Waals surface area contributed by atoms with Crippen molar-refractivity contribution in [3.63, 3.8) is 0 Å². The van der Waals surface area contributed by atoms with Crippen molar-refractivity contribution in [1.82, 2.24) is 0 Å². The third-order valence-electron chi connectivity index (χ3n) is 4.87. The van der Waals surface area contributed by atoms with E-state index in [-0.39, 0.29) is 18.0 Å². The fourth-order valence-electron chi connectivity index (χ4n) is 3.65. The van der Waals surface area contributed by atoms with E-state index in [9.17, 15) is 4.79 Å². The molecule has 2 aromatic rings. The monoisotopic (exact) mass is 416 g/mol. The Balaban J connectivity index is 1.88. The first-order chi connectivity index (χ1) is 14.5. The number of benzene rings is 2. The van der Waals surface area contributed by atoms with Crippen LogP contribution in [0.5, 0.6) is 0 Å². The number of carbonyl (C=O) groups excluding carboxylic acids is 1. The number of rotatable bonds is 9. The van der Waals surface area contributed by atoms with Gasteiger partial charge in [0.25, 0.3) is 0 Å². The van der Waals surface area contributed by atoms with Crippen LogP contribution in [-0.4, -0.2) is 12.1 Å². The Hall–Kier alpha value is -2.70. The lowest BCUT2D eigenvalue weighted by Crippen LogP contribution is -2.26. The van der Waals surface area contributed by atoms with Gasteiger partial charge in [0.1, 0.15) is 12.0 Å². The molecule has 30 heavy (non-hydrogen) atoms. The summed E-state index contributed by atoms with van der Waals surface area (Å²) in [4.78, 5) is 13.2. The summed E-state index contributed by atoms with van der Waals surface area (Å²) in [7, 11) is -0.820. The molecule has 1 aliphatic carbocycles. The van der Waals surface area contributed by atoms with E-state index >= 15 is 0 Å². The maximum absolute atomic E-state index is 13.2. The molecule has 0 bridgehead atoms. The Morgan fingerprint density at radius 2 is 1.43 bits per heavy atom. The van der Waals surface area contributed by atoms with Gasteiger partial charge in [-0.05, 0) is 37.7 Å². The van der Waals surface area contributed by atoms with Crippen LogP contribution in [0, 0.1) is 5.92 Å². The van der Waals surface area contributed by atoms with E-state index in [0.29, 0.717) is 12.8 Å². The molecule has 0 radical (unpaired) electrons. The summed E-state index contributed by atoms with van der Waals surface area (Å²) >= 11 is 0. The molecule has 1 aliphatic rings. The first-order valence-electron chi connectivity index (χ1n) is 10.2. The van der Waals surface area contributed by atoms with E-state index < -0.39 is 7.92 Å². The standard InChI is InChI=1S/C27H29O2P/c1-20(2)18-22(19-21(3)4)29-27(28)25-16-11-17-26(25)30(23-12-7-5-8-13-23)24-14-9-6-10-15-24/h5-17,22,25H,1,3,18-19H2,2,4H3. The SMILES string of the molecule is C=C(C)CC(CC(=C)C)OC(=O)C1C=CC=C1P(c1ccccc1)c1ccccc1. The van der Waals surface area contributed by atoms with Gasteiger partial charge >= 0.3 is 5.97 Å². The average Bonchev–Trinajstić information content (AvgIpc) is 3.18. The van der Waals surface area contributed by atoms with Crippen LogP contribution in [0.1, 0.15) is 26.7 Å². The first kappa shape index (κ1) is 22.0. The highest BCUT2D eigenvalue weighted by molar-refractivity contribution is 7.76. The molecule has 0 amide bonds. The van der Waals surface area contributed by atoms with Crippen LogP contribution in [0.25, 0.3) is 0 Å². The minimum absolute atomic E-state index is 0.193. The van der Waals surface area contributed by atoms with Crippen molar-refractivity contribution < 1.29 is 9.53 Å². The van der Waals surface area contributed by atoms with Crippen molar-refractivity contribution >= 4 is 24.5 Å². The van der Waals surface area contributed by atoms with E-state index in [2.05, 4.69) is 67.8 Å². The van der Waals surface area contributed by atoms with Crippen LogP contribution >= 0.6 is 7.92 Å². The van der Waals surface area contributed by atoms with Gasteiger partial charge < -0.3 is 4.74 Å². The Bertz CT molecular complexity index is 901. The second kappa shape index (κ2) is 10.4. The molecule has 154 valence electrons. The third-order valence-corrected chi connectivity index (χ3v) is 7.44. The van der Waals surface area contributed by atoms with E-state index in [1.807, 2.05) is 38.1 Å². The Labute approximate surface area is 181 Å². The van der Waals surface area contributed by atoms with Gasteiger partial charge in [0, 0.05) is 12.8 Å². The maximum atomic E-state index is 13.2. The van der Waals surface area contributed by atoms with Gasteiger partial charge in [0.05, 0.1) is 0 Å². The zero-order chi connectivity index (χ0) is 21.5. The molecule has 0 N–H and O–H groups in total. The zero-order valence-corrected chi connectivity index (χ0v) is 18.6. The van der Waals surface area contributed by atoms with Gasteiger partial charge in [-0.1, -0.05) is 90.0 Å². The fourth-order valence-corrected chi connectivity index (χ4v) is 6.19. The highest BCUT2D eigenvalue weighted by atomic mass is 31.1. The van der Waals surface area contributed by atoms with Crippen molar-refractivity contribution in [3.05, 3.63) is 109 Å². The summed E-state index contributed by atoms with van der Waals surface area (Å²) in [5, 5.41) is 3.57. The van der Waals surface area contributed by atoms with Crippen LogP contribution in [0.4, 0.5) is 0 Å². The predicted octanol–water partition coefficient (Wildman–Crippen LogP) is 6.03. The second-order valence-corrected chi connectivity index (χ2v) is 10.1. The highest BCUT2D eigenvalue weighted by Crippen LogP contribution is 2.49. The summed E-state index contributed by atoms with van der Waals surface area (Å²) in [5.74, 6) is -0.559. The van der Waals surface area contributed by atoms with Gasteiger partial charge in [-0.25, -0.2) is 0 Å². The number of hydrogen-bond acceptors (Lipinski definition) is 2. The molecule has 0 fully saturated rings. The second-order valence-electron chi connectivity index (χ2n) is 7.84. The minimum Gasteiger partial charge on any atom is -0.461 e.